The van der Waals surface area contributed by atoms with Crippen molar-refractivity contribution in [3.05, 3.63) is 89.5 Å². The normalized spacial score (nSPS) is 11.3. The van der Waals surface area contributed by atoms with Gasteiger partial charge in [-0.25, -0.2) is 0 Å². The van der Waals surface area contributed by atoms with Gasteiger partial charge in [0.1, 0.15) is 0 Å². The standard InChI is InChI=1S/C26H27N5O2/c1-17(25(28)32)24(31-21-6-4-3-5-7-21)22-16-20(12-13-23(22)29-2)18-8-10-19(11-9-18)26(33)30-15-14-27/h3-13,16,31H,2,14-15,27H2,1H3,(H2,28,32)(H,30,33)/b24-17-. The molecule has 0 aliphatic heterocycles. The van der Waals surface area contributed by atoms with Crippen LogP contribution < -0.4 is 22.1 Å². The van der Waals surface area contributed by atoms with Gasteiger partial charge in [0.05, 0.1) is 11.4 Å². The maximum atomic E-state index is 12.1. The predicted molar refractivity (Wildman–Crippen MR) is 134 cm³/mol. The first-order chi connectivity index (χ1) is 15.9. The van der Waals surface area contributed by atoms with Crippen LogP contribution in [0, 0.1) is 0 Å². The summed E-state index contributed by atoms with van der Waals surface area (Å²) in [6.45, 7) is 6.14. The van der Waals surface area contributed by atoms with Crippen molar-refractivity contribution in [1.82, 2.24) is 5.32 Å². The van der Waals surface area contributed by atoms with Gasteiger partial charge in [0.15, 0.2) is 0 Å². The second kappa shape index (κ2) is 10.9. The van der Waals surface area contributed by atoms with Gasteiger partial charge in [-0.2, -0.15) is 0 Å². The van der Waals surface area contributed by atoms with E-state index in [0.29, 0.717) is 41.2 Å². The Kier molecular flexibility index (Phi) is 7.73. The molecule has 0 saturated carbocycles. The van der Waals surface area contributed by atoms with Crippen molar-refractivity contribution in [2.75, 3.05) is 18.4 Å². The summed E-state index contributed by atoms with van der Waals surface area (Å²) in [5.74, 6) is -0.713. The lowest BCUT2D eigenvalue weighted by atomic mass is 9.97. The summed E-state index contributed by atoms with van der Waals surface area (Å²) >= 11 is 0. The molecule has 33 heavy (non-hydrogen) atoms. The Hall–Kier alpha value is -4.23. The van der Waals surface area contributed by atoms with Crippen LogP contribution >= 0.6 is 0 Å². The minimum Gasteiger partial charge on any atom is -0.366 e. The molecule has 0 aliphatic rings. The van der Waals surface area contributed by atoms with E-state index in [2.05, 4.69) is 22.3 Å². The molecular weight excluding hydrogens is 414 g/mol. The largest absolute Gasteiger partial charge is 0.366 e. The Morgan fingerprint density at radius 3 is 2.24 bits per heavy atom. The number of primary amides is 1. The number of carbonyl (C=O) groups is 2. The number of para-hydroxylation sites is 1. The Morgan fingerprint density at radius 1 is 0.970 bits per heavy atom. The van der Waals surface area contributed by atoms with Gasteiger partial charge in [0, 0.05) is 35.5 Å². The van der Waals surface area contributed by atoms with Crippen molar-refractivity contribution in [1.29, 1.82) is 0 Å². The van der Waals surface area contributed by atoms with Crippen molar-refractivity contribution >= 4 is 35.6 Å². The molecule has 0 radical (unpaired) electrons. The van der Waals surface area contributed by atoms with Gasteiger partial charge in [-0.15, -0.1) is 0 Å². The zero-order chi connectivity index (χ0) is 23.8. The van der Waals surface area contributed by atoms with Crippen molar-refractivity contribution in [2.45, 2.75) is 6.92 Å². The number of nitrogens with two attached hydrogens (primary N) is 2. The number of nitrogens with zero attached hydrogens (tertiary/aromatic N) is 1. The fraction of sp³-hybridized carbons (Fsp3) is 0.115. The maximum Gasteiger partial charge on any atom is 0.251 e. The molecular formula is C26H27N5O2. The number of hydrogen-bond donors (Lipinski definition) is 4. The molecule has 0 heterocycles. The second-order valence-electron chi connectivity index (χ2n) is 7.37. The quantitative estimate of drug-likeness (QED) is 0.299. The van der Waals surface area contributed by atoms with E-state index >= 15 is 0 Å². The van der Waals surface area contributed by atoms with E-state index in [-0.39, 0.29) is 5.91 Å². The minimum absolute atomic E-state index is 0.173. The van der Waals surface area contributed by atoms with Crippen LogP contribution in [0.3, 0.4) is 0 Å². The predicted octanol–water partition coefficient (Wildman–Crippen LogP) is 3.70. The molecule has 6 N–H and O–H groups in total. The highest BCUT2D eigenvalue weighted by atomic mass is 16.2. The average Bonchev–Trinajstić information content (AvgIpc) is 2.85. The van der Waals surface area contributed by atoms with Gasteiger partial charge in [0.25, 0.3) is 5.91 Å². The molecule has 7 nitrogen and oxygen atoms in total. The van der Waals surface area contributed by atoms with Crippen molar-refractivity contribution in [3.8, 4) is 11.1 Å². The van der Waals surface area contributed by atoms with Crippen LogP contribution in [-0.2, 0) is 4.79 Å². The third-order valence-electron chi connectivity index (χ3n) is 5.13. The molecule has 0 unspecified atom stereocenters. The highest BCUT2D eigenvalue weighted by Crippen LogP contribution is 2.34. The molecule has 0 fully saturated rings. The summed E-state index contributed by atoms with van der Waals surface area (Å²) in [5.41, 5.74) is 16.4. The SMILES string of the molecule is C=Nc1ccc(-c2ccc(C(=O)NCCN)cc2)cc1/C(Nc1ccccc1)=C(\C)C(N)=O. The van der Waals surface area contributed by atoms with E-state index in [9.17, 15) is 9.59 Å². The smallest absolute Gasteiger partial charge is 0.251 e. The molecule has 2 amide bonds. The molecule has 0 bridgehead atoms. The highest BCUT2D eigenvalue weighted by molar-refractivity contribution is 6.03. The zero-order valence-electron chi connectivity index (χ0n) is 18.5. The lowest BCUT2D eigenvalue weighted by Gasteiger charge is -2.17. The van der Waals surface area contributed by atoms with Crippen molar-refractivity contribution in [2.24, 2.45) is 16.5 Å². The first kappa shape index (κ1) is 23.4. The van der Waals surface area contributed by atoms with Gasteiger partial charge in [-0.1, -0.05) is 36.4 Å². The number of anilines is 1. The highest BCUT2D eigenvalue weighted by Gasteiger charge is 2.16. The molecule has 0 atom stereocenters. The van der Waals surface area contributed by atoms with E-state index in [1.54, 1.807) is 19.1 Å². The van der Waals surface area contributed by atoms with Crippen LogP contribution in [0.15, 0.2) is 83.4 Å². The van der Waals surface area contributed by atoms with E-state index in [4.69, 9.17) is 11.5 Å². The molecule has 3 aromatic carbocycles. The number of rotatable bonds is 9. The zero-order valence-corrected chi connectivity index (χ0v) is 18.5. The fourth-order valence-electron chi connectivity index (χ4n) is 3.31. The molecule has 0 saturated heterocycles. The van der Waals surface area contributed by atoms with Crippen LogP contribution in [0.4, 0.5) is 11.4 Å². The Balaban J connectivity index is 2.03. The van der Waals surface area contributed by atoms with E-state index < -0.39 is 5.91 Å². The number of amides is 2. The van der Waals surface area contributed by atoms with Gasteiger partial charge in [0.2, 0.25) is 5.91 Å². The van der Waals surface area contributed by atoms with Crippen molar-refractivity contribution in [3.63, 3.8) is 0 Å². The summed E-state index contributed by atoms with van der Waals surface area (Å²) in [6, 6.07) is 22.4. The van der Waals surface area contributed by atoms with Crippen molar-refractivity contribution < 1.29 is 9.59 Å². The fourth-order valence-corrected chi connectivity index (χ4v) is 3.31. The van der Waals surface area contributed by atoms with E-state index in [1.807, 2.05) is 60.7 Å². The van der Waals surface area contributed by atoms with Crippen LogP contribution in [-0.4, -0.2) is 31.6 Å². The van der Waals surface area contributed by atoms with Gasteiger partial charge >= 0.3 is 0 Å². The molecule has 168 valence electrons. The average molecular weight is 442 g/mol. The summed E-state index contributed by atoms with van der Waals surface area (Å²) < 4.78 is 0. The molecule has 3 aromatic rings. The van der Waals surface area contributed by atoms with Gasteiger partial charge in [-0.05, 0) is 61.2 Å². The third-order valence-corrected chi connectivity index (χ3v) is 5.13. The topological polar surface area (TPSA) is 123 Å². The van der Waals surface area contributed by atoms with E-state index in [1.165, 1.54) is 0 Å². The second-order valence-corrected chi connectivity index (χ2v) is 7.37. The van der Waals surface area contributed by atoms with Crippen LogP contribution in [0.5, 0.6) is 0 Å². The van der Waals surface area contributed by atoms with Crippen LogP contribution in [0.1, 0.15) is 22.8 Å². The van der Waals surface area contributed by atoms with Gasteiger partial charge < -0.3 is 22.1 Å². The first-order valence-electron chi connectivity index (χ1n) is 10.5. The maximum absolute atomic E-state index is 12.1. The number of aliphatic imine (C=N–C) groups is 1. The number of carbonyl (C=O) groups excluding carboxylic acids is 2. The monoisotopic (exact) mass is 441 g/mol. The summed E-state index contributed by atoms with van der Waals surface area (Å²) in [6.07, 6.45) is 0. The molecule has 0 aromatic heterocycles. The molecule has 7 heteroatoms. The Bertz CT molecular complexity index is 1190. The summed E-state index contributed by atoms with van der Waals surface area (Å²) in [5, 5.41) is 6.05. The lowest BCUT2D eigenvalue weighted by Crippen LogP contribution is -2.28. The Labute approximate surface area is 193 Å². The molecule has 0 spiro atoms. The molecule has 0 aliphatic carbocycles. The van der Waals surface area contributed by atoms with Gasteiger partial charge in [-0.3, -0.25) is 14.6 Å². The summed E-state index contributed by atoms with van der Waals surface area (Å²) in [7, 11) is 0. The number of hydrogen-bond acceptors (Lipinski definition) is 5. The third kappa shape index (κ3) is 5.72. The minimum atomic E-state index is -0.540. The first-order valence-corrected chi connectivity index (χ1v) is 10.5. The molecule has 3 rings (SSSR count). The number of nitrogens with one attached hydrogen (secondary N) is 2. The summed E-state index contributed by atoms with van der Waals surface area (Å²) in [4.78, 5) is 28.4. The van der Waals surface area contributed by atoms with Crippen LogP contribution in [0.25, 0.3) is 16.8 Å². The van der Waals surface area contributed by atoms with E-state index in [0.717, 1.165) is 16.8 Å². The number of benzene rings is 3. The lowest BCUT2D eigenvalue weighted by molar-refractivity contribution is -0.114. The van der Waals surface area contributed by atoms with Crippen LogP contribution in [0.2, 0.25) is 0 Å². The Morgan fingerprint density at radius 2 is 1.64 bits per heavy atom.